The largest absolute Gasteiger partial charge is 0.478 e. The smallest absolute Gasteiger partial charge is 0.328 e. The molecule has 1 aromatic carbocycles. The molecule has 21 heavy (non-hydrogen) atoms. The second-order valence-electron chi connectivity index (χ2n) is 4.63. The molecule has 0 aliphatic rings. The zero-order valence-corrected chi connectivity index (χ0v) is 12.0. The van der Waals surface area contributed by atoms with Crippen molar-refractivity contribution in [2.75, 3.05) is 11.9 Å². The van der Waals surface area contributed by atoms with Crippen LogP contribution in [0.2, 0.25) is 0 Å². The number of hydrogen-bond acceptors (Lipinski definition) is 3. The van der Waals surface area contributed by atoms with Gasteiger partial charge in [0, 0.05) is 25.7 Å². The van der Waals surface area contributed by atoms with Gasteiger partial charge in [-0.15, -0.1) is 0 Å². The molecule has 0 fully saturated rings. The SMILES string of the molecule is Cc1nn(C)c(N(C)c2ccccc2F)c1C=CC(=O)O. The molecule has 2 aromatic rings. The summed E-state index contributed by atoms with van der Waals surface area (Å²) in [6.45, 7) is 1.78. The molecular formula is C15H16FN3O2. The molecule has 2 rings (SSSR count). The van der Waals surface area contributed by atoms with Crippen molar-refractivity contribution in [3.63, 3.8) is 0 Å². The minimum Gasteiger partial charge on any atom is -0.478 e. The van der Waals surface area contributed by atoms with Gasteiger partial charge in [-0.2, -0.15) is 5.10 Å². The third-order valence-corrected chi connectivity index (χ3v) is 3.16. The lowest BCUT2D eigenvalue weighted by molar-refractivity contribution is -0.131. The van der Waals surface area contributed by atoms with E-state index in [2.05, 4.69) is 5.10 Å². The number of rotatable bonds is 4. The van der Waals surface area contributed by atoms with Crippen molar-refractivity contribution >= 4 is 23.6 Å². The molecule has 0 radical (unpaired) electrons. The molecule has 0 bridgehead atoms. The van der Waals surface area contributed by atoms with E-state index in [0.717, 1.165) is 6.08 Å². The normalized spacial score (nSPS) is 11.0. The number of para-hydroxylation sites is 1. The number of aromatic nitrogens is 2. The molecule has 1 aromatic heterocycles. The van der Waals surface area contributed by atoms with E-state index >= 15 is 0 Å². The van der Waals surface area contributed by atoms with Crippen LogP contribution in [0.4, 0.5) is 15.9 Å². The molecule has 5 nitrogen and oxygen atoms in total. The fourth-order valence-electron chi connectivity index (χ4n) is 2.25. The number of anilines is 2. The average molecular weight is 289 g/mol. The van der Waals surface area contributed by atoms with Crippen molar-refractivity contribution in [2.24, 2.45) is 7.05 Å². The first-order chi connectivity index (χ1) is 9.91. The van der Waals surface area contributed by atoms with Gasteiger partial charge in [0.2, 0.25) is 0 Å². The first-order valence-corrected chi connectivity index (χ1v) is 6.34. The Morgan fingerprint density at radius 3 is 2.71 bits per heavy atom. The lowest BCUT2D eigenvalue weighted by atomic mass is 10.2. The van der Waals surface area contributed by atoms with Crippen LogP contribution in [0.15, 0.2) is 30.3 Å². The second-order valence-corrected chi connectivity index (χ2v) is 4.63. The molecule has 1 N–H and O–H groups in total. The Morgan fingerprint density at radius 1 is 1.43 bits per heavy atom. The number of carbonyl (C=O) groups is 1. The molecule has 0 saturated carbocycles. The van der Waals surface area contributed by atoms with Crippen LogP contribution < -0.4 is 4.90 Å². The lowest BCUT2D eigenvalue weighted by Crippen LogP contribution is -2.16. The van der Waals surface area contributed by atoms with Crippen molar-refractivity contribution in [3.8, 4) is 0 Å². The fourth-order valence-corrected chi connectivity index (χ4v) is 2.25. The summed E-state index contributed by atoms with van der Waals surface area (Å²) in [4.78, 5) is 12.4. The van der Waals surface area contributed by atoms with E-state index in [1.54, 1.807) is 48.8 Å². The van der Waals surface area contributed by atoms with Crippen LogP contribution >= 0.6 is 0 Å². The van der Waals surface area contributed by atoms with E-state index in [-0.39, 0.29) is 5.82 Å². The Balaban J connectivity index is 2.53. The van der Waals surface area contributed by atoms with Crippen molar-refractivity contribution in [3.05, 3.63) is 47.4 Å². The Bertz CT molecular complexity index is 707. The van der Waals surface area contributed by atoms with Gasteiger partial charge in [-0.05, 0) is 25.1 Å². The Hall–Kier alpha value is -2.63. The number of carboxylic acid groups (broad SMARTS) is 1. The number of aliphatic carboxylic acids is 1. The van der Waals surface area contributed by atoms with Gasteiger partial charge in [-0.25, -0.2) is 9.18 Å². The zero-order valence-electron chi connectivity index (χ0n) is 12.0. The second kappa shape index (κ2) is 5.78. The molecule has 0 saturated heterocycles. The summed E-state index contributed by atoms with van der Waals surface area (Å²) in [5, 5.41) is 13.0. The molecule has 0 unspecified atom stereocenters. The van der Waals surface area contributed by atoms with Crippen LogP contribution in [0.25, 0.3) is 6.08 Å². The van der Waals surface area contributed by atoms with Crippen LogP contribution in [0.5, 0.6) is 0 Å². The number of benzene rings is 1. The van der Waals surface area contributed by atoms with Gasteiger partial charge in [-0.3, -0.25) is 4.68 Å². The fraction of sp³-hybridized carbons (Fsp3) is 0.200. The van der Waals surface area contributed by atoms with Gasteiger partial charge in [0.15, 0.2) is 0 Å². The van der Waals surface area contributed by atoms with Crippen LogP contribution in [0.3, 0.4) is 0 Å². The molecule has 0 aliphatic carbocycles. The first kappa shape index (κ1) is 14.8. The predicted octanol–water partition coefficient (Wildman–Crippen LogP) is 2.73. The van der Waals surface area contributed by atoms with Gasteiger partial charge < -0.3 is 10.0 Å². The lowest BCUT2D eigenvalue weighted by Gasteiger charge is -2.21. The summed E-state index contributed by atoms with van der Waals surface area (Å²) in [6.07, 6.45) is 2.51. The van der Waals surface area contributed by atoms with Crippen molar-refractivity contribution < 1.29 is 14.3 Å². The van der Waals surface area contributed by atoms with E-state index in [0.29, 0.717) is 22.8 Å². The Labute approximate surface area is 121 Å². The van der Waals surface area contributed by atoms with Crippen LogP contribution in [0.1, 0.15) is 11.3 Å². The Kier molecular flexibility index (Phi) is 4.07. The zero-order chi connectivity index (χ0) is 15.6. The van der Waals surface area contributed by atoms with Gasteiger partial charge in [0.1, 0.15) is 11.6 Å². The van der Waals surface area contributed by atoms with E-state index in [1.807, 2.05) is 0 Å². The van der Waals surface area contributed by atoms with E-state index in [1.165, 1.54) is 12.1 Å². The van der Waals surface area contributed by atoms with Crippen molar-refractivity contribution in [1.82, 2.24) is 9.78 Å². The molecule has 0 amide bonds. The topological polar surface area (TPSA) is 58.4 Å². The molecule has 110 valence electrons. The van der Waals surface area contributed by atoms with Crippen molar-refractivity contribution in [2.45, 2.75) is 6.92 Å². The monoisotopic (exact) mass is 289 g/mol. The van der Waals surface area contributed by atoms with E-state index in [9.17, 15) is 9.18 Å². The minimum atomic E-state index is -1.04. The standard InChI is InChI=1S/C15H16FN3O2/c1-10-11(8-9-14(20)21)15(19(3)17-10)18(2)13-7-5-4-6-12(13)16/h4-9H,1-3H3,(H,20,21). The highest BCUT2D eigenvalue weighted by Gasteiger charge is 2.18. The molecule has 0 aliphatic heterocycles. The average Bonchev–Trinajstić information content (AvgIpc) is 2.70. The number of carboxylic acids is 1. The summed E-state index contributed by atoms with van der Waals surface area (Å²) in [6, 6.07) is 6.39. The number of aryl methyl sites for hydroxylation is 2. The number of halogens is 1. The van der Waals surface area contributed by atoms with Crippen LogP contribution in [-0.2, 0) is 11.8 Å². The molecule has 1 heterocycles. The molecular weight excluding hydrogens is 273 g/mol. The van der Waals surface area contributed by atoms with E-state index < -0.39 is 5.97 Å². The Morgan fingerprint density at radius 2 is 2.10 bits per heavy atom. The molecule has 0 spiro atoms. The van der Waals surface area contributed by atoms with Crippen LogP contribution in [0, 0.1) is 12.7 Å². The maximum atomic E-state index is 13.9. The van der Waals surface area contributed by atoms with E-state index in [4.69, 9.17) is 5.11 Å². The summed E-state index contributed by atoms with van der Waals surface area (Å²) in [5.74, 6) is -0.778. The maximum Gasteiger partial charge on any atom is 0.328 e. The highest BCUT2D eigenvalue weighted by Crippen LogP contribution is 2.31. The van der Waals surface area contributed by atoms with Crippen LogP contribution in [-0.4, -0.2) is 27.9 Å². The summed E-state index contributed by atoms with van der Waals surface area (Å²) in [7, 11) is 3.45. The quantitative estimate of drug-likeness (QED) is 0.879. The highest BCUT2D eigenvalue weighted by molar-refractivity contribution is 5.87. The summed E-state index contributed by atoms with van der Waals surface area (Å²) in [5.41, 5.74) is 1.71. The van der Waals surface area contributed by atoms with Crippen molar-refractivity contribution in [1.29, 1.82) is 0 Å². The highest BCUT2D eigenvalue weighted by atomic mass is 19.1. The van der Waals surface area contributed by atoms with Gasteiger partial charge in [0.05, 0.1) is 11.4 Å². The summed E-state index contributed by atoms with van der Waals surface area (Å²) < 4.78 is 15.5. The molecule has 0 atom stereocenters. The first-order valence-electron chi connectivity index (χ1n) is 6.34. The third-order valence-electron chi connectivity index (χ3n) is 3.16. The van der Waals surface area contributed by atoms with Gasteiger partial charge in [0.25, 0.3) is 0 Å². The number of nitrogens with zero attached hydrogens (tertiary/aromatic N) is 3. The molecule has 6 heteroatoms. The van der Waals surface area contributed by atoms with Gasteiger partial charge in [-0.1, -0.05) is 12.1 Å². The summed E-state index contributed by atoms with van der Waals surface area (Å²) >= 11 is 0. The van der Waals surface area contributed by atoms with Gasteiger partial charge >= 0.3 is 5.97 Å². The third kappa shape index (κ3) is 2.94. The minimum absolute atomic E-state index is 0.355. The predicted molar refractivity (Wildman–Crippen MR) is 79.1 cm³/mol. The maximum absolute atomic E-state index is 13.9. The number of hydrogen-bond donors (Lipinski definition) is 1.